The molecule has 1 atom stereocenters. The van der Waals surface area contributed by atoms with Crippen molar-refractivity contribution in [1.82, 2.24) is 15.2 Å². The second kappa shape index (κ2) is 5.04. The molecule has 0 aromatic carbocycles. The monoisotopic (exact) mass is 253 g/mol. The Morgan fingerprint density at radius 1 is 1.59 bits per heavy atom. The first-order chi connectivity index (χ1) is 7.98. The van der Waals surface area contributed by atoms with Crippen molar-refractivity contribution < 1.29 is 0 Å². The van der Waals surface area contributed by atoms with Crippen LogP contribution in [0.15, 0.2) is 11.7 Å². The van der Waals surface area contributed by atoms with Gasteiger partial charge < -0.3 is 5.32 Å². The van der Waals surface area contributed by atoms with Crippen LogP contribution in [0, 0.1) is 5.92 Å². The molecule has 2 heterocycles. The van der Waals surface area contributed by atoms with Crippen molar-refractivity contribution in [2.75, 3.05) is 13.1 Å². The summed E-state index contributed by atoms with van der Waals surface area (Å²) in [5.74, 6) is 0.687. The maximum atomic E-state index is 4.17. The Hall–Kier alpha value is -0.450. The molecule has 1 saturated heterocycles. The van der Waals surface area contributed by atoms with Crippen molar-refractivity contribution in [3.05, 3.63) is 16.6 Å². The van der Waals surface area contributed by atoms with E-state index < -0.39 is 0 Å². The Bertz CT molecular complexity index is 346. The topological polar surface area (TPSA) is 28.2 Å². The molecule has 1 aromatic heterocycles. The molecule has 0 spiro atoms. The molecule has 1 aliphatic heterocycles. The Morgan fingerprint density at radius 2 is 2.35 bits per heavy atom. The van der Waals surface area contributed by atoms with Gasteiger partial charge in [0.2, 0.25) is 0 Å². The Labute approximate surface area is 108 Å². The summed E-state index contributed by atoms with van der Waals surface area (Å²) >= 11 is 1.76. The van der Waals surface area contributed by atoms with E-state index in [0.29, 0.717) is 12.0 Å². The molecule has 4 heteroatoms. The molecule has 0 bridgehead atoms. The Balaban J connectivity index is 2.08. The van der Waals surface area contributed by atoms with Gasteiger partial charge in [-0.15, -0.1) is 11.3 Å². The molecule has 0 saturated carbocycles. The first kappa shape index (κ1) is 13.0. The third-order valence-corrected chi connectivity index (χ3v) is 4.23. The molecule has 1 fully saturated rings. The molecule has 17 heavy (non-hydrogen) atoms. The highest BCUT2D eigenvalue weighted by molar-refractivity contribution is 7.09. The van der Waals surface area contributed by atoms with Crippen molar-refractivity contribution in [3.8, 4) is 0 Å². The fourth-order valence-electron chi connectivity index (χ4n) is 2.54. The molecule has 1 N–H and O–H groups in total. The van der Waals surface area contributed by atoms with Crippen molar-refractivity contribution in [1.29, 1.82) is 0 Å². The normalized spacial score (nSPS) is 25.4. The van der Waals surface area contributed by atoms with Crippen LogP contribution in [-0.4, -0.2) is 34.6 Å². The summed E-state index contributed by atoms with van der Waals surface area (Å²) < 4.78 is 0. The SMILES string of the molecule is CC(C)C1CNC(C)(C)CN1Cc1cncs1. The van der Waals surface area contributed by atoms with Crippen molar-refractivity contribution in [3.63, 3.8) is 0 Å². The lowest BCUT2D eigenvalue weighted by atomic mass is 9.93. The van der Waals surface area contributed by atoms with Gasteiger partial charge in [0.15, 0.2) is 0 Å². The number of hydrogen-bond donors (Lipinski definition) is 1. The molecular weight excluding hydrogens is 230 g/mol. The minimum absolute atomic E-state index is 0.218. The lowest BCUT2D eigenvalue weighted by molar-refractivity contribution is 0.0635. The third kappa shape index (κ3) is 3.27. The van der Waals surface area contributed by atoms with Gasteiger partial charge in [-0.25, -0.2) is 0 Å². The van der Waals surface area contributed by atoms with Crippen molar-refractivity contribution in [2.45, 2.75) is 45.8 Å². The molecule has 2 rings (SSSR count). The Kier molecular flexibility index (Phi) is 3.85. The van der Waals surface area contributed by atoms with Crippen LogP contribution < -0.4 is 5.32 Å². The number of rotatable bonds is 3. The van der Waals surface area contributed by atoms with Gasteiger partial charge in [-0.05, 0) is 19.8 Å². The molecule has 0 radical (unpaired) electrons. The number of piperazine rings is 1. The van der Waals surface area contributed by atoms with E-state index in [1.165, 1.54) is 4.88 Å². The minimum atomic E-state index is 0.218. The van der Waals surface area contributed by atoms with E-state index in [1.54, 1.807) is 11.3 Å². The van der Waals surface area contributed by atoms with Crippen LogP contribution in [0.4, 0.5) is 0 Å². The Morgan fingerprint density at radius 3 is 2.94 bits per heavy atom. The smallest absolute Gasteiger partial charge is 0.0794 e. The fraction of sp³-hybridized carbons (Fsp3) is 0.769. The highest BCUT2D eigenvalue weighted by atomic mass is 32.1. The molecule has 96 valence electrons. The first-order valence-electron chi connectivity index (χ1n) is 6.34. The van der Waals surface area contributed by atoms with E-state index in [4.69, 9.17) is 0 Å². The van der Waals surface area contributed by atoms with E-state index in [9.17, 15) is 0 Å². The average molecular weight is 253 g/mol. The van der Waals surface area contributed by atoms with Gasteiger partial charge in [-0.2, -0.15) is 0 Å². The maximum Gasteiger partial charge on any atom is 0.0794 e. The summed E-state index contributed by atoms with van der Waals surface area (Å²) in [6.45, 7) is 12.4. The summed E-state index contributed by atoms with van der Waals surface area (Å²) in [6.07, 6.45) is 2.00. The average Bonchev–Trinajstić information content (AvgIpc) is 2.68. The van der Waals surface area contributed by atoms with Gasteiger partial charge >= 0.3 is 0 Å². The van der Waals surface area contributed by atoms with Crippen LogP contribution in [0.3, 0.4) is 0 Å². The largest absolute Gasteiger partial charge is 0.309 e. The van der Waals surface area contributed by atoms with Gasteiger partial charge in [-0.1, -0.05) is 13.8 Å². The predicted octanol–water partition coefficient (Wildman–Crippen LogP) is 2.35. The van der Waals surface area contributed by atoms with E-state index in [0.717, 1.165) is 19.6 Å². The highest BCUT2D eigenvalue weighted by Crippen LogP contribution is 2.23. The zero-order valence-electron chi connectivity index (χ0n) is 11.2. The molecule has 0 amide bonds. The van der Waals surface area contributed by atoms with Gasteiger partial charge in [0.05, 0.1) is 5.51 Å². The standard InChI is InChI=1S/C13H23N3S/c1-10(2)12-6-15-13(3,4)8-16(12)7-11-5-14-9-17-11/h5,9-10,12,15H,6-8H2,1-4H3. The zero-order valence-corrected chi connectivity index (χ0v) is 12.0. The second-order valence-electron chi connectivity index (χ2n) is 5.95. The van der Waals surface area contributed by atoms with E-state index in [1.807, 2.05) is 11.7 Å². The quantitative estimate of drug-likeness (QED) is 0.896. The van der Waals surface area contributed by atoms with Crippen LogP contribution in [0.25, 0.3) is 0 Å². The summed E-state index contributed by atoms with van der Waals surface area (Å²) in [6, 6.07) is 0.630. The van der Waals surface area contributed by atoms with Crippen molar-refractivity contribution in [2.24, 2.45) is 5.92 Å². The first-order valence-corrected chi connectivity index (χ1v) is 7.22. The van der Waals surface area contributed by atoms with Crippen LogP contribution in [0.1, 0.15) is 32.6 Å². The maximum absolute atomic E-state index is 4.17. The number of nitrogens with one attached hydrogen (secondary N) is 1. The summed E-state index contributed by atoms with van der Waals surface area (Å²) in [5.41, 5.74) is 2.14. The van der Waals surface area contributed by atoms with Gasteiger partial charge in [0.1, 0.15) is 0 Å². The van der Waals surface area contributed by atoms with Gasteiger partial charge in [-0.3, -0.25) is 9.88 Å². The third-order valence-electron chi connectivity index (χ3n) is 3.47. The van der Waals surface area contributed by atoms with Gasteiger partial charge in [0.25, 0.3) is 0 Å². The van der Waals surface area contributed by atoms with E-state index in [2.05, 4.69) is 42.9 Å². The molecule has 1 aliphatic rings. The zero-order chi connectivity index (χ0) is 12.5. The minimum Gasteiger partial charge on any atom is -0.309 e. The second-order valence-corrected chi connectivity index (χ2v) is 6.92. The highest BCUT2D eigenvalue weighted by Gasteiger charge is 2.33. The number of nitrogens with zero attached hydrogens (tertiary/aromatic N) is 2. The molecule has 3 nitrogen and oxygen atoms in total. The van der Waals surface area contributed by atoms with E-state index >= 15 is 0 Å². The predicted molar refractivity (Wildman–Crippen MR) is 73.2 cm³/mol. The molecular formula is C13H23N3S. The number of thiazole rings is 1. The molecule has 1 aromatic rings. The lowest BCUT2D eigenvalue weighted by Crippen LogP contribution is -2.62. The number of hydrogen-bond acceptors (Lipinski definition) is 4. The van der Waals surface area contributed by atoms with Crippen LogP contribution >= 0.6 is 11.3 Å². The summed E-state index contributed by atoms with van der Waals surface area (Å²) in [7, 11) is 0. The summed E-state index contributed by atoms with van der Waals surface area (Å²) in [4.78, 5) is 8.14. The molecule has 1 unspecified atom stereocenters. The van der Waals surface area contributed by atoms with Crippen LogP contribution in [-0.2, 0) is 6.54 Å². The lowest BCUT2D eigenvalue weighted by Gasteiger charge is -2.46. The van der Waals surface area contributed by atoms with Crippen molar-refractivity contribution >= 4 is 11.3 Å². The van der Waals surface area contributed by atoms with Crippen LogP contribution in [0.5, 0.6) is 0 Å². The fourth-order valence-corrected chi connectivity index (χ4v) is 3.16. The summed E-state index contributed by atoms with van der Waals surface area (Å²) in [5, 5.41) is 3.65. The van der Waals surface area contributed by atoms with Gasteiger partial charge in [0, 0.05) is 42.3 Å². The van der Waals surface area contributed by atoms with E-state index in [-0.39, 0.29) is 5.54 Å². The number of aromatic nitrogens is 1. The molecule has 0 aliphatic carbocycles. The van der Waals surface area contributed by atoms with Crippen LogP contribution in [0.2, 0.25) is 0 Å².